The van der Waals surface area contributed by atoms with E-state index in [1.54, 1.807) is 0 Å². The summed E-state index contributed by atoms with van der Waals surface area (Å²) in [6.07, 6.45) is 1.26. The van der Waals surface area contributed by atoms with Gasteiger partial charge in [0.2, 0.25) is 10.0 Å². The van der Waals surface area contributed by atoms with Crippen molar-refractivity contribution >= 4 is 10.0 Å². The fourth-order valence-electron chi connectivity index (χ4n) is 2.98. The van der Waals surface area contributed by atoms with E-state index in [4.69, 9.17) is 4.74 Å². The molecule has 0 bridgehead atoms. The zero-order chi connectivity index (χ0) is 14.2. The largest absolute Gasteiger partial charge is 0.391 e. The highest BCUT2D eigenvalue weighted by Gasteiger charge is 2.34. The van der Waals surface area contributed by atoms with Crippen molar-refractivity contribution in [3.05, 3.63) is 35.4 Å². The summed E-state index contributed by atoms with van der Waals surface area (Å²) in [6, 6.07) is 7.00. The van der Waals surface area contributed by atoms with Gasteiger partial charge in [0.05, 0.1) is 24.0 Å². The van der Waals surface area contributed by atoms with Crippen LogP contribution in [0, 0.1) is 0 Å². The number of nitrogens with one attached hydrogen (secondary N) is 1. The molecule has 1 heterocycles. The molecule has 0 saturated carbocycles. The summed E-state index contributed by atoms with van der Waals surface area (Å²) in [6.45, 7) is 0.634. The molecule has 1 aliphatic heterocycles. The first-order chi connectivity index (χ1) is 9.55. The Balaban J connectivity index is 1.73. The molecule has 0 radical (unpaired) electrons. The summed E-state index contributed by atoms with van der Waals surface area (Å²) in [5.41, 5.74) is 1.88. The van der Waals surface area contributed by atoms with Crippen molar-refractivity contribution in [1.29, 1.82) is 0 Å². The molecule has 0 spiro atoms. The molecule has 0 aromatic heterocycles. The number of hydrogen-bond acceptors (Lipinski definition) is 4. The van der Waals surface area contributed by atoms with Gasteiger partial charge in [0, 0.05) is 13.0 Å². The molecule has 2 aliphatic rings. The quantitative estimate of drug-likeness (QED) is 0.859. The molecule has 0 amide bonds. The second-order valence-electron chi connectivity index (χ2n) is 5.48. The number of benzene rings is 1. The first kappa shape index (κ1) is 14.0. The Labute approximate surface area is 119 Å². The van der Waals surface area contributed by atoms with Gasteiger partial charge in [0.25, 0.3) is 0 Å². The Morgan fingerprint density at radius 2 is 2.15 bits per heavy atom. The third-order valence-corrected chi connectivity index (χ3v) is 5.36. The van der Waals surface area contributed by atoms with Crippen molar-refractivity contribution in [3.8, 4) is 0 Å². The Kier molecular flexibility index (Phi) is 3.81. The van der Waals surface area contributed by atoms with Crippen molar-refractivity contribution < 1.29 is 18.3 Å². The van der Waals surface area contributed by atoms with Crippen LogP contribution in [0.4, 0.5) is 0 Å². The standard InChI is InChI=1S/C14H19NO4S/c16-13-8-10-4-1-2-6-12(10)14(13)15-20(17,18)9-11-5-3-7-19-11/h1-2,4,6,11,13-16H,3,5,7-9H2. The van der Waals surface area contributed by atoms with Crippen molar-refractivity contribution in [1.82, 2.24) is 4.72 Å². The maximum Gasteiger partial charge on any atom is 0.214 e. The molecule has 1 aliphatic carbocycles. The monoisotopic (exact) mass is 297 g/mol. The van der Waals surface area contributed by atoms with Crippen LogP contribution in [0.15, 0.2) is 24.3 Å². The van der Waals surface area contributed by atoms with Gasteiger partial charge in [-0.15, -0.1) is 0 Å². The molecule has 110 valence electrons. The van der Waals surface area contributed by atoms with Crippen LogP contribution in [0.1, 0.15) is 30.0 Å². The molecule has 3 unspecified atom stereocenters. The Morgan fingerprint density at radius 1 is 1.35 bits per heavy atom. The van der Waals surface area contributed by atoms with E-state index >= 15 is 0 Å². The first-order valence-electron chi connectivity index (χ1n) is 6.93. The normalized spacial score (nSPS) is 29.6. The highest BCUT2D eigenvalue weighted by atomic mass is 32.2. The average Bonchev–Trinajstić information content (AvgIpc) is 2.98. The lowest BCUT2D eigenvalue weighted by molar-refractivity contribution is 0.126. The van der Waals surface area contributed by atoms with Crippen LogP contribution in [0.2, 0.25) is 0 Å². The fourth-order valence-corrected chi connectivity index (χ4v) is 4.50. The molecule has 20 heavy (non-hydrogen) atoms. The lowest BCUT2D eigenvalue weighted by atomic mass is 10.1. The molecule has 2 N–H and O–H groups in total. The number of aliphatic hydroxyl groups excluding tert-OH is 1. The van der Waals surface area contributed by atoms with E-state index in [1.165, 1.54) is 0 Å². The second-order valence-corrected chi connectivity index (χ2v) is 7.28. The predicted molar refractivity (Wildman–Crippen MR) is 74.8 cm³/mol. The lowest BCUT2D eigenvalue weighted by Crippen LogP contribution is -2.38. The zero-order valence-corrected chi connectivity index (χ0v) is 12.0. The molecule has 5 nitrogen and oxygen atoms in total. The Morgan fingerprint density at radius 3 is 2.90 bits per heavy atom. The van der Waals surface area contributed by atoms with Crippen LogP contribution in [-0.2, 0) is 21.2 Å². The van der Waals surface area contributed by atoms with E-state index in [0.717, 1.165) is 24.0 Å². The number of aliphatic hydroxyl groups is 1. The minimum Gasteiger partial charge on any atom is -0.391 e. The molecule has 6 heteroatoms. The van der Waals surface area contributed by atoms with Gasteiger partial charge >= 0.3 is 0 Å². The van der Waals surface area contributed by atoms with Gasteiger partial charge in [-0.2, -0.15) is 0 Å². The minimum atomic E-state index is -3.46. The summed E-state index contributed by atoms with van der Waals surface area (Å²) < 4.78 is 32.4. The number of rotatable bonds is 4. The number of fused-ring (bicyclic) bond motifs is 1. The summed E-state index contributed by atoms with van der Waals surface area (Å²) in [7, 11) is -3.46. The summed E-state index contributed by atoms with van der Waals surface area (Å²) in [5.74, 6) is -0.0294. The van der Waals surface area contributed by atoms with Crippen LogP contribution < -0.4 is 4.72 Å². The van der Waals surface area contributed by atoms with E-state index in [2.05, 4.69) is 4.72 Å². The third kappa shape index (κ3) is 2.88. The molecule has 1 aromatic rings. The topological polar surface area (TPSA) is 75.6 Å². The Bertz CT molecular complexity index is 581. The summed E-state index contributed by atoms with van der Waals surface area (Å²) in [5, 5.41) is 10.1. The van der Waals surface area contributed by atoms with Gasteiger partial charge in [0.15, 0.2) is 0 Å². The molecule has 1 fully saturated rings. The molecule has 3 atom stereocenters. The SMILES string of the molecule is O=S(=O)(CC1CCCO1)NC1c2ccccc2CC1O. The summed E-state index contributed by atoms with van der Waals surface area (Å²) >= 11 is 0. The van der Waals surface area contributed by atoms with Crippen LogP contribution in [-0.4, -0.2) is 38.1 Å². The molecule has 1 aromatic carbocycles. The zero-order valence-electron chi connectivity index (χ0n) is 11.2. The fraction of sp³-hybridized carbons (Fsp3) is 0.571. The summed E-state index contributed by atoms with van der Waals surface area (Å²) in [4.78, 5) is 0. The van der Waals surface area contributed by atoms with Gasteiger partial charge in [-0.1, -0.05) is 24.3 Å². The van der Waals surface area contributed by atoms with Crippen LogP contribution in [0.5, 0.6) is 0 Å². The molecular formula is C14H19NO4S. The Hall–Kier alpha value is -0.950. The minimum absolute atomic E-state index is 0.0294. The molecular weight excluding hydrogens is 278 g/mol. The van der Waals surface area contributed by atoms with Gasteiger partial charge in [-0.05, 0) is 24.0 Å². The molecule has 3 rings (SSSR count). The van der Waals surface area contributed by atoms with E-state index in [9.17, 15) is 13.5 Å². The maximum absolute atomic E-state index is 12.2. The molecule has 1 saturated heterocycles. The van der Waals surface area contributed by atoms with Gasteiger partial charge < -0.3 is 9.84 Å². The van der Waals surface area contributed by atoms with Crippen LogP contribution in [0.3, 0.4) is 0 Å². The van der Waals surface area contributed by atoms with Crippen molar-refractivity contribution in [2.75, 3.05) is 12.4 Å². The van der Waals surface area contributed by atoms with Crippen molar-refractivity contribution in [2.45, 2.75) is 37.5 Å². The van der Waals surface area contributed by atoms with Gasteiger partial charge in [-0.25, -0.2) is 13.1 Å². The smallest absolute Gasteiger partial charge is 0.214 e. The average molecular weight is 297 g/mol. The van der Waals surface area contributed by atoms with Crippen molar-refractivity contribution in [2.24, 2.45) is 0 Å². The van der Waals surface area contributed by atoms with Crippen LogP contribution >= 0.6 is 0 Å². The van der Waals surface area contributed by atoms with Gasteiger partial charge in [0.1, 0.15) is 0 Å². The second kappa shape index (κ2) is 5.44. The van der Waals surface area contributed by atoms with E-state index in [0.29, 0.717) is 13.0 Å². The number of hydrogen-bond donors (Lipinski definition) is 2. The van der Waals surface area contributed by atoms with Crippen LogP contribution in [0.25, 0.3) is 0 Å². The van der Waals surface area contributed by atoms with Gasteiger partial charge in [-0.3, -0.25) is 0 Å². The first-order valence-corrected chi connectivity index (χ1v) is 8.58. The highest BCUT2D eigenvalue weighted by molar-refractivity contribution is 7.89. The highest BCUT2D eigenvalue weighted by Crippen LogP contribution is 2.32. The van der Waals surface area contributed by atoms with E-state index in [1.807, 2.05) is 24.3 Å². The number of sulfonamides is 1. The predicted octanol–water partition coefficient (Wildman–Crippen LogP) is 0.743. The van der Waals surface area contributed by atoms with E-state index < -0.39 is 22.2 Å². The maximum atomic E-state index is 12.2. The van der Waals surface area contributed by atoms with Crippen molar-refractivity contribution in [3.63, 3.8) is 0 Å². The number of ether oxygens (including phenoxy) is 1. The van der Waals surface area contributed by atoms with E-state index in [-0.39, 0.29) is 11.9 Å². The lowest BCUT2D eigenvalue weighted by Gasteiger charge is -2.19. The third-order valence-electron chi connectivity index (χ3n) is 3.94.